The summed E-state index contributed by atoms with van der Waals surface area (Å²) < 4.78 is 69.7. The number of hydrogen-bond donors (Lipinski definition) is 4. The van der Waals surface area contributed by atoms with Crippen molar-refractivity contribution in [1.82, 2.24) is 15.0 Å². The van der Waals surface area contributed by atoms with Crippen LogP contribution in [0.5, 0.6) is 11.5 Å². The van der Waals surface area contributed by atoms with E-state index in [2.05, 4.69) is 15.0 Å². The first-order valence-corrected chi connectivity index (χ1v) is 14.9. The second-order valence-electron chi connectivity index (χ2n) is 11.3. The minimum absolute atomic E-state index is 0.00405. The van der Waals surface area contributed by atoms with Crippen molar-refractivity contribution in [3.63, 3.8) is 0 Å². The summed E-state index contributed by atoms with van der Waals surface area (Å²) in [5.74, 6) is -0.534. The van der Waals surface area contributed by atoms with Crippen LogP contribution in [0.4, 0.5) is 13.2 Å². The maximum atomic E-state index is 14.5. The number of pyridine rings is 1. The molecular formula is C28H37ClF3N3O6S. The van der Waals surface area contributed by atoms with Gasteiger partial charge in [0.15, 0.2) is 10.9 Å². The number of fused-ring (bicyclic) bond motifs is 1. The molecule has 3 rings (SSSR count). The standard InChI is InChI=1S/C28H37ClF3N3O6S/c1-7-26(35-42(39)25(3,4)5)15-41-22-19(26)13-21(34-23(22)29)27(38,28(30,31)32)14-33-24(37)18-11-10-17(9-8-16(2)36)20(12-18)40-6/h10-13,16,35-36,38H,7-9,14-15H2,1-6H3,(H,33,37)/t16-,26?,27?,42?/m1/s1. The zero-order valence-electron chi connectivity index (χ0n) is 24.3. The lowest BCUT2D eigenvalue weighted by Crippen LogP contribution is -2.53. The molecule has 4 atom stereocenters. The Balaban J connectivity index is 1.95. The summed E-state index contributed by atoms with van der Waals surface area (Å²) in [6.07, 6.45) is -4.64. The summed E-state index contributed by atoms with van der Waals surface area (Å²) in [5.41, 5.74) is -4.77. The molecule has 0 radical (unpaired) electrons. The van der Waals surface area contributed by atoms with Crippen LogP contribution in [0.2, 0.25) is 5.15 Å². The number of alkyl halides is 3. The number of hydrogen-bond acceptors (Lipinski definition) is 8. The fourth-order valence-corrected chi connectivity index (χ4v) is 5.58. The summed E-state index contributed by atoms with van der Waals surface area (Å²) in [7, 11) is 1.39. The van der Waals surface area contributed by atoms with Crippen LogP contribution in [-0.4, -0.2) is 62.9 Å². The SMILES string of the molecule is CCC1(N[S+]([O-])C(C)(C)C)COc2c1cc(C(O)(CNC(=O)c1ccc(CC[C@@H](C)O)c(OC)c1)C(F)(F)F)nc2Cl. The molecule has 1 amide bonds. The molecule has 0 aliphatic carbocycles. The highest BCUT2D eigenvalue weighted by Gasteiger charge is 2.58. The van der Waals surface area contributed by atoms with Crippen LogP contribution in [0.15, 0.2) is 24.3 Å². The number of carbonyl (C=O) groups is 1. The number of carbonyl (C=O) groups excluding carboxylic acids is 1. The Morgan fingerprint density at radius 2 is 1.98 bits per heavy atom. The number of nitrogens with one attached hydrogen (secondary N) is 2. The van der Waals surface area contributed by atoms with Crippen molar-refractivity contribution in [2.75, 3.05) is 20.3 Å². The average molecular weight is 636 g/mol. The normalized spacial score (nSPS) is 19.8. The Labute approximate surface area is 251 Å². The maximum absolute atomic E-state index is 14.5. The lowest BCUT2D eigenvalue weighted by atomic mass is 9.88. The Hall–Kier alpha value is -2.29. The molecule has 0 fully saturated rings. The number of benzene rings is 1. The second-order valence-corrected chi connectivity index (χ2v) is 13.7. The molecule has 1 aliphatic rings. The second kappa shape index (κ2) is 12.7. The molecular weight excluding hydrogens is 599 g/mol. The number of methoxy groups -OCH3 is 1. The number of ether oxygens (including phenoxy) is 2. The van der Waals surface area contributed by atoms with Gasteiger partial charge in [-0.15, -0.1) is 4.72 Å². The minimum atomic E-state index is -5.27. The van der Waals surface area contributed by atoms with Gasteiger partial charge >= 0.3 is 6.18 Å². The quantitative estimate of drug-likeness (QED) is 0.212. The fraction of sp³-hybridized carbons (Fsp3) is 0.571. The molecule has 234 valence electrons. The third kappa shape index (κ3) is 7.08. The summed E-state index contributed by atoms with van der Waals surface area (Å²) in [6.45, 7) is 7.27. The van der Waals surface area contributed by atoms with Crippen LogP contribution in [-0.2, 0) is 28.9 Å². The number of aromatic nitrogens is 1. The lowest BCUT2D eigenvalue weighted by Gasteiger charge is -2.34. The van der Waals surface area contributed by atoms with Crippen LogP contribution in [0.3, 0.4) is 0 Å². The first-order valence-electron chi connectivity index (χ1n) is 13.3. The molecule has 42 heavy (non-hydrogen) atoms. The zero-order valence-corrected chi connectivity index (χ0v) is 25.9. The number of aliphatic hydroxyl groups is 2. The molecule has 0 spiro atoms. The van der Waals surface area contributed by atoms with E-state index in [1.807, 2.05) is 0 Å². The number of halogens is 4. The number of aryl methyl sites for hydroxylation is 1. The molecule has 1 aromatic heterocycles. The smallest absolute Gasteiger partial charge is 0.424 e. The molecule has 3 unspecified atom stereocenters. The summed E-state index contributed by atoms with van der Waals surface area (Å²) in [6, 6.07) is 5.41. The first kappa shape index (κ1) is 34.2. The molecule has 4 N–H and O–H groups in total. The van der Waals surface area contributed by atoms with Gasteiger partial charge in [-0.1, -0.05) is 24.6 Å². The zero-order chi connectivity index (χ0) is 31.7. The minimum Gasteiger partial charge on any atom is -0.598 e. The average Bonchev–Trinajstić information content (AvgIpc) is 3.27. The Kier molecular flexibility index (Phi) is 10.4. The van der Waals surface area contributed by atoms with Crippen molar-refractivity contribution in [1.29, 1.82) is 0 Å². The molecule has 2 aromatic rings. The van der Waals surface area contributed by atoms with Gasteiger partial charge in [0.2, 0.25) is 5.60 Å². The molecule has 1 aromatic carbocycles. The van der Waals surface area contributed by atoms with Gasteiger partial charge in [-0.05, 0) is 70.7 Å². The van der Waals surface area contributed by atoms with Gasteiger partial charge in [-0.25, -0.2) is 4.98 Å². The highest BCUT2D eigenvalue weighted by atomic mass is 35.5. The molecule has 2 heterocycles. The van der Waals surface area contributed by atoms with E-state index < -0.39 is 62.8 Å². The Morgan fingerprint density at radius 1 is 1.31 bits per heavy atom. The van der Waals surface area contributed by atoms with E-state index in [-0.39, 0.29) is 29.9 Å². The monoisotopic (exact) mass is 635 g/mol. The highest BCUT2D eigenvalue weighted by molar-refractivity contribution is 7.90. The van der Waals surface area contributed by atoms with E-state index in [0.29, 0.717) is 24.2 Å². The maximum Gasteiger partial charge on any atom is 0.424 e. The van der Waals surface area contributed by atoms with Gasteiger partial charge < -0.3 is 29.6 Å². The van der Waals surface area contributed by atoms with Gasteiger partial charge in [0, 0.05) is 22.5 Å². The third-order valence-electron chi connectivity index (χ3n) is 7.14. The summed E-state index contributed by atoms with van der Waals surface area (Å²) >= 11 is 4.64. The number of rotatable bonds is 11. The van der Waals surface area contributed by atoms with E-state index >= 15 is 0 Å². The van der Waals surface area contributed by atoms with E-state index in [9.17, 15) is 32.7 Å². The van der Waals surface area contributed by atoms with E-state index in [1.165, 1.54) is 19.2 Å². The van der Waals surface area contributed by atoms with Gasteiger partial charge in [0.05, 0.1) is 25.5 Å². The first-order chi connectivity index (χ1) is 19.4. The van der Waals surface area contributed by atoms with Crippen LogP contribution in [0, 0.1) is 0 Å². The topological polar surface area (TPSA) is 136 Å². The van der Waals surface area contributed by atoms with Crippen LogP contribution < -0.4 is 19.5 Å². The Bertz CT molecular complexity index is 1290. The number of aliphatic hydroxyl groups excluding tert-OH is 1. The van der Waals surface area contributed by atoms with Crippen molar-refractivity contribution < 1.29 is 42.2 Å². The van der Waals surface area contributed by atoms with Gasteiger partial charge in [0.25, 0.3) is 5.91 Å². The van der Waals surface area contributed by atoms with Crippen molar-refractivity contribution >= 4 is 28.9 Å². The van der Waals surface area contributed by atoms with Crippen LogP contribution in [0.1, 0.15) is 74.6 Å². The van der Waals surface area contributed by atoms with E-state index in [1.54, 1.807) is 40.7 Å². The van der Waals surface area contributed by atoms with Gasteiger partial charge in [0.1, 0.15) is 22.6 Å². The van der Waals surface area contributed by atoms with Gasteiger partial charge in [-0.2, -0.15) is 13.2 Å². The predicted octanol–water partition coefficient (Wildman–Crippen LogP) is 4.29. The van der Waals surface area contributed by atoms with E-state index in [0.717, 1.165) is 6.07 Å². The Morgan fingerprint density at radius 3 is 2.52 bits per heavy atom. The van der Waals surface area contributed by atoms with Crippen molar-refractivity contribution in [2.24, 2.45) is 0 Å². The number of nitrogens with zero attached hydrogens (tertiary/aromatic N) is 1. The van der Waals surface area contributed by atoms with Crippen molar-refractivity contribution in [3.05, 3.63) is 51.8 Å². The van der Waals surface area contributed by atoms with E-state index in [4.69, 9.17) is 21.1 Å². The molecule has 9 nitrogen and oxygen atoms in total. The van der Waals surface area contributed by atoms with Crippen LogP contribution >= 0.6 is 11.6 Å². The molecule has 0 saturated carbocycles. The lowest BCUT2D eigenvalue weighted by molar-refractivity contribution is -0.265. The molecule has 0 bridgehead atoms. The predicted molar refractivity (Wildman–Crippen MR) is 153 cm³/mol. The highest BCUT2D eigenvalue weighted by Crippen LogP contribution is 2.47. The van der Waals surface area contributed by atoms with Gasteiger partial charge in [-0.3, -0.25) is 4.79 Å². The number of amides is 1. The van der Waals surface area contributed by atoms with Crippen molar-refractivity contribution in [2.45, 2.75) is 82.0 Å². The van der Waals surface area contributed by atoms with Crippen molar-refractivity contribution in [3.8, 4) is 11.5 Å². The van der Waals surface area contributed by atoms with Crippen LogP contribution in [0.25, 0.3) is 0 Å². The summed E-state index contributed by atoms with van der Waals surface area (Å²) in [4.78, 5) is 16.7. The largest absolute Gasteiger partial charge is 0.598 e. The fourth-order valence-electron chi connectivity index (χ4n) is 4.36. The molecule has 14 heteroatoms. The summed E-state index contributed by atoms with van der Waals surface area (Å²) in [5, 5.41) is 22.4. The molecule has 0 saturated heterocycles. The molecule has 1 aliphatic heterocycles. The third-order valence-corrected chi connectivity index (χ3v) is 9.08.